The van der Waals surface area contributed by atoms with E-state index >= 15 is 0 Å². The molecule has 3 aromatic rings. The van der Waals surface area contributed by atoms with Gasteiger partial charge in [-0.25, -0.2) is 9.97 Å². The number of hydrogen-bond acceptors (Lipinski definition) is 6. The zero-order valence-electron chi connectivity index (χ0n) is 16.7. The zero-order valence-corrected chi connectivity index (χ0v) is 16.7. The van der Waals surface area contributed by atoms with Gasteiger partial charge in [0.15, 0.2) is 0 Å². The van der Waals surface area contributed by atoms with Crippen LogP contribution in [0.25, 0.3) is 0 Å². The zero-order chi connectivity index (χ0) is 19.7. The van der Waals surface area contributed by atoms with Crippen molar-refractivity contribution in [2.45, 2.75) is 38.5 Å². The number of nitrogens with one attached hydrogen (secondary N) is 1. The molecule has 0 saturated carbocycles. The van der Waals surface area contributed by atoms with Crippen LogP contribution in [0.5, 0.6) is 0 Å². The summed E-state index contributed by atoms with van der Waals surface area (Å²) < 4.78 is 11.4. The van der Waals surface area contributed by atoms with E-state index in [4.69, 9.17) is 14.1 Å². The maximum atomic E-state index is 5.96. The Hall–Kier alpha value is -2.70. The summed E-state index contributed by atoms with van der Waals surface area (Å²) in [7, 11) is 0. The van der Waals surface area contributed by atoms with E-state index in [9.17, 15) is 0 Å². The minimum atomic E-state index is -0.0532. The Morgan fingerprint density at radius 3 is 2.93 bits per heavy atom. The third-order valence-electron chi connectivity index (χ3n) is 5.96. The monoisotopic (exact) mass is 390 g/mol. The molecule has 2 aliphatic heterocycles. The largest absolute Gasteiger partial charge is 0.467 e. The SMILES string of the molecule is Cc1ccc(CN2CCC3(COCc4cnc(NCc5ccco5)nc43)C2)cc1. The molecule has 6 heteroatoms. The Balaban J connectivity index is 1.33. The highest BCUT2D eigenvalue weighted by molar-refractivity contribution is 5.37. The van der Waals surface area contributed by atoms with E-state index in [1.807, 2.05) is 18.3 Å². The average molecular weight is 390 g/mol. The third-order valence-corrected chi connectivity index (χ3v) is 5.96. The lowest BCUT2D eigenvalue weighted by Crippen LogP contribution is -2.40. The topological polar surface area (TPSA) is 63.4 Å². The van der Waals surface area contributed by atoms with Crippen molar-refractivity contribution in [3.63, 3.8) is 0 Å². The number of likely N-dealkylation sites (tertiary alicyclic amines) is 1. The van der Waals surface area contributed by atoms with E-state index in [0.717, 1.165) is 49.7 Å². The molecule has 5 rings (SSSR count). The van der Waals surface area contributed by atoms with Crippen molar-refractivity contribution in [2.75, 3.05) is 25.0 Å². The summed E-state index contributed by atoms with van der Waals surface area (Å²) in [5.74, 6) is 1.52. The Labute approximate surface area is 170 Å². The van der Waals surface area contributed by atoms with E-state index in [1.54, 1.807) is 6.26 Å². The number of ether oxygens (including phenoxy) is 1. The van der Waals surface area contributed by atoms with Crippen LogP contribution in [0.3, 0.4) is 0 Å². The van der Waals surface area contributed by atoms with E-state index < -0.39 is 0 Å². The maximum absolute atomic E-state index is 5.96. The number of hydrogen-bond donors (Lipinski definition) is 1. The number of nitrogens with zero attached hydrogens (tertiary/aromatic N) is 3. The Morgan fingerprint density at radius 1 is 1.21 bits per heavy atom. The summed E-state index contributed by atoms with van der Waals surface area (Å²) in [6.07, 6.45) is 4.65. The quantitative estimate of drug-likeness (QED) is 0.717. The predicted molar refractivity (Wildman–Crippen MR) is 110 cm³/mol. The Kier molecular flexibility index (Phi) is 4.81. The predicted octanol–water partition coefficient (Wildman–Crippen LogP) is 3.66. The molecule has 150 valence electrons. The third kappa shape index (κ3) is 3.78. The van der Waals surface area contributed by atoms with Gasteiger partial charge < -0.3 is 14.5 Å². The minimum Gasteiger partial charge on any atom is -0.467 e. The molecule has 1 unspecified atom stereocenters. The normalized spacial score (nSPS) is 21.4. The number of furan rings is 1. The van der Waals surface area contributed by atoms with Crippen molar-refractivity contribution >= 4 is 5.95 Å². The molecule has 1 spiro atoms. The number of aromatic nitrogens is 2. The molecular weight excluding hydrogens is 364 g/mol. The van der Waals surface area contributed by atoms with Gasteiger partial charge in [0.25, 0.3) is 0 Å². The molecule has 1 atom stereocenters. The summed E-state index contributed by atoms with van der Waals surface area (Å²) >= 11 is 0. The molecule has 6 nitrogen and oxygen atoms in total. The van der Waals surface area contributed by atoms with Gasteiger partial charge in [0, 0.05) is 24.8 Å². The van der Waals surface area contributed by atoms with Gasteiger partial charge in [-0.05, 0) is 37.6 Å². The van der Waals surface area contributed by atoms with Crippen LogP contribution in [0.2, 0.25) is 0 Å². The fraction of sp³-hybridized carbons (Fsp3) is 0.391. The molecule has 4 heterocycles. The van der Waals surface area contributed by atoms with Gasteiger partial charge in [0.05, 0.1) is 37.1 Å². The molecule has 1 saturated heterocycles. The second-order valence-corrected chi connectivity index (χ2v) is 8.22. The molecule has 29 heavy (non-hydrogen) atoms. The van der Waals surface area contributed by atoms with E-state index in [2.05, 4.69) is 46.4 Å². The van der Waals surface area contributed by atoms with Crippen LogP contribution in [0, 0.1) is 6.92 Å². The lowest BCUT2D eigenvalue weighted by molar-refractivity contribution is 0.0503. The molecule has 0 amide bonds. The highest BCUT2D eigenvalue weighted by Crippen LogP contribution is 2.39. The second kappa shape index (κ2) is 7.61. The van der Waals surface area contributed by atoms with Crippen LogP contribution in [-0.4, -0.2) is 34.6 Å². The summed E-state index contributed by atoms with van der Waals surface area (Å²) in [5.41, 5.74) is 4.85. The fourth-order valence-corrected chi connectivity index (χ4v) is 4.42. The number of benzene rings is 1. The number of rotatable bonds is 5. The van der Waals surface area contributed by atoms with Crippen molar-refractivity contribution in [3.8, 4) is 0 Å². The molecule has 1 fully saturated rings. The summed E-state index contributed by atoms with van der Waals surface area (Å²) in [4.78, 5) is 11.9. The average Bonchev–Trinajstić information content (AvgIpc) is 3.40. The summed E-state index contributed by atoms with van der Waals surface area (Å²) in [6, 6.07) is 12.7. The highest BCUT2D eigenvalue weighted by atomic mass is 16.5. The molecule has 2 aromatic heterocycles. The Morgan fingerprint density at radius 2 is 2.10 bits per heavy atom. The van der Waals surface area contributed by atoms with E-state index in [-0.39, 0.29) is 5.41 Å². The first-order valence-corrected chi connectivity index (χ1v) is 10.2. The van der Waals surface area contributed by atoms with Gasteiger partial charge in [0.2, 0.25) is 5.95 Å². The highest BCUT2D eigenvalue weighted by Gasteiger charge is 2.44. The molecule has 0 bridgehead atoms. The van der Waals surface area contributed by atoms with Crippen molar-refractivity contribution in [3.05, 3.63) is 77.0 Å². The first-order chi connectivity index (χ1) is 14.2. The van der Waals surface area contributed by atoms with Crippen LogP contribution < -0.4 is 5.32 Å². The standard InChI is InChI=1S/C23H26N4O2/c1-17-4-6-18(7-5-17)13-27-9-8-23(15-27)16-28-14-19-11-24-22(26-21(19)23)25-12-20-3-2-10-29-20/h2-7,10-11H,8-9,12-16H2,1H3,(H,24,25,26). The summed E-state index contributed by atoms with van der Waals surface area (Å²) in [6.45, 7) is 6.99. The smallest absolute Gasteiger partial charge is 0.223 e. The van der Waals surface area contributed by atoms with Gasteiger partial charge in [-0.15, -0.1) is 0 Å². The first-order valence-electron chi connectivity index (χ1n) is 10.2. The fourth-order valence-electron chi connectivity index (χ4n) is 4.42. The maximum Gasteiger partial charge on any atom is 0.223 e. The lowest BCUT2D eigenvalue weighted by atomic mass is 9.80. The van der Waals surface area contributed by atoms with E-state index in [1.165, 1.54) is 11.1 Å². The molecule has 0 aliphatic carbocycles. The number of fused-ring (bicyclic) bond motifs is 2. The molecule has 1 aromatic carbocycles. The van der Waals surface area contributed by atoms with Gasteiger partial charge in [-0.2, -0.15) is 0 Å². The van der Waals surface area contributed by atoms with Crippen LogP contribution in [-0.2, 0) is 29.8 Å². The summed E-state index contributed by atoms with van der Waals surface area (Å²) in [5, 5.41) is 3.29. The Bertz CT molecular complexity index is 971. The van der Waals surface area contributed by atoms with Crippen molar-refractivity contribution in [1.29, 1.82) is 0 Å². The van der Waals surface area contributed by atoms with Gasteiger partial charge in [-0.3, -0.25) is 4.90 Å². The van der Waals surface area contributed by atoms with Crippen molar-refractivity contribution in [2.24, 2.45) is 0 Å². The van der Waals surface area contributed by atoms with Gasteiger partial charge in [-0.1, -0.05) is 29.8 Å². The van der Waals surface area contributed by atoms with Crippen LogP contribution in [0.15, 0.2) is 53.3 Å². The van der Waals surface area contributed by atoms with Crippen LogP contribution in [0.1, 0.15) is 34.6 Å². The van der Waals surface area contributed by atoms with Crippen molar-refractivity contribution in [1.82, 2.24) is 14.9 Å². The molecule has 0 radical (unpaired) electrons. The van der Waals surface area contributed by atoms with Gasteiger partial charge >= 0.3 is 0 Å². The second-order valence-electron chi connectivity index (χ2n) is 8.22. The van der Waals surface area contributed by atoms with Crippen molar-refractivity contribution < 1.29 is 9.15 Å². The van der Waals surface area contributed by atoms with Gasteiger partial charge in [0.1, 0.15) is 5.76 Å². The van der Waals surface area contributed by atoms with Crippen LogP contribution >= 0.6 is 0 Å². The molecule has 2 aliphatic rings. The minimum absolute atomic E-state index is 0.0532. The van der Waals surface area contributed by atoms with Crippen LogP contribution in [0.4, 0.5) is 5.95 Å². The molecule has 1 N–H and O–H groups in total. The molecular formula is C23H26N4O2. The first kappa shape index (κ1) is 18.3. The lowest BCUT2D eigenvalue weighted by Gasteiger charge is -2.34. The van der Waals surface area contributed by atoms with E-state index in [0.29, 0.717) is 19.1 Å². The number of anilines is 1. The number of aryl methyl sites for hydroxylation is 1.